The van der Waals surface area contributed by atoms with E-state index in [9.17, 15) is 5.11 Å². The van der Waals surface area contributed by atoms with Crippen LogP contribution in [0.15, 0.2) is 29.0 Å². The molecule has 0 spiro atoms. The van der Waals surface area contributed by atoms with E-state index < -0.39 is 6.10 Å². The summed E-state index contributed by atoms with van der Waals surface area (Å²) in [5.41, 5.74) is 1.32. The molecule has 0 aromatic carbocycles. The minimum atomic E-state index is -0.444. The van der Waals surface area contributed by atoms with E-state index in [-0.39, 0.29) is 0 Å². The fraction of sp³-hybridized carbons (Fsp3) is 0.467. The number of likely N-dealkylation sites (N-methyl/N-ethyl adjacent to an activating group) is 1. The number of rotatable bonds is 8. The number of ether oxygens (including phenoxy) is 1. The van der Waals surface area contributed by atoms with Crippen LogP contribution in [0.1, 0.15) is 15.3 Å². The summed E-state index contributed by atoms with van der Waals surface area (Å²) in [6.45, 7) is 4.60. The Kier molecular flexibility index (Phi) is 6.19. The summed E-state index contributed by atoms with van der Waals surface area (Å²) in [5, 5.41) is 14.1. The number of aryl methyl sites for hydroxylation is 1. The van der Waals surface area contributed by atoms with Gasteiger partial charge in [-0.05, 0) is 42.4 Å². The van der Waals surface area contributed by atoms with Crippen molar-refractivity contribution in [2.24, 2.45) is 0 Å². The van der Waals surface area contributed by atoms with Crippen molar-refractivity contribution >= 4 is 22.7 Å². The number of nitrogens with zero attached hydrogens (tertiary/aromatic N) is 1. The van der Waals surface area contributed by atoms with Gasteiger partial charge in [0.2, 0.25) is 0 Å². The van der Waals surface area contributed by atoms with Gasteiger partial charge in [0, 0.05) is 22.8 Å². The van der Waals surface area contributed by atoms with E-state index in [4.69, 9.17) is 4.74 Å². The molecule has 5 heteroatoms. The van der Waals surface area contributed by atoms with Crippen LogP contribution in [0.25, 0.3) is 0 Å². The topological polar surface area (TPSA) is 32.7 Å². The Bertz CT molecular complexity index is 496. The van der Waals surface area contributed by atoms with E-state index in [0.717, 1.165) is 6.54 Å². The van der Waals surface area contributed by atoms with Crippen LogP contribution >= 0.6 is 22.7 Å². The zero-order valence-corrected chi connectivity index (χ0v) is 13.5. The first-order valence-corrected chi connectivity index (χ1v) is 8.41. The molecular weight excluding hydrogens is 290 g/mol. The van der Waals surface area contributed by atoms with Gasteiger partial charge in [-0.25, -0.2) is 0 Å². The van der Waals surface area contributed by atoms with Gasteiger partial charge in [0.05, 0.1) is 19.3 Å². The Morgan fingerprint density at radius 2 is 2.15 bits per heavy atom. The Labute approximate surface area is 128 Å². The molecule has 20 heavy (non-hydrogen) atoms. The molecule has 0 aliphatic rings. The lowest BCUT2D eigenvalue weighted by Gasteiger charge is -2.20. The van der Waals surface area contributed by atoms with Crippen molar-refractivity contribution in [3.05, 3.63) is 44.3 Å². The van der Waals surface area contributed by atoms with Gasteiger partial charge >= 0.3 is 0 Å². The van der Waals surface area contributed by atoms with Crippen LogP contribution in [-0.4, -0.2) is 36.3 Å². The zero-order valence-electron chi connectivity index (χ0n) is 11.9. The molecule has 2 aromatic heterocycles. The Morgan fingerprint density at radius 1 is 1.30 bits per heavy atom. The summed E-state index contributed by atoms with van der Waals surface area (Å²) in [6, 6.07) is 6.19. The number of hydrogen-bond acceptors (Lipinski definition) is 5. The first-order valence-electron chi connectivity index (χ1n) is 6.65. The van der Waals surface area contributed by atoms with Gasteiger partial charge in [-0.3, -0.25) is 4.90 Å². The van der Waals surface area contributed by atoms with Crippen LogP contribution in [0.3, 0.4) is 0 Å². The third-order valence-corrected chi connectivity index (χ3v) is 4.90. The second kappa shape index (κ2) is 7.90. The maximum atomic E-state index is 9.99. The van der Waals surface area contributed by atoms with Gasteiger partial charge in [-0.1, -0.05) is 6.07 Å². The highest BCUT2D eigenvalue weighted by Crippen LogP contribution is 2.17. The van der Waals surface area contributed by atoms with Crippen molar-refractivity contribution in [2.75, 3.05) is 20.2 Å². The van der Waals surface area contributed by atoms with Crippen LogP contribution in [0.2, 0.25) is 0 Å². The minimum absolute atomic E-state index is 0.381. The number of aliphatic hydroxyl groups excluding tert-OH is 1. The molecule has 0 saturated heterocycles. The molecule has 1 atom stereocenters. The average Bonchev–Trinajstić information content (AvgIpc) is 3.02. The molecule has 2 aromatic rings. The lowest BCUT2D eigenvalue weighted by molar-refractivity contribution is 0.0136. The zero-order chi connectivity index (χ0) is 14.4. The van der Waals surface area contributed by atoms with Crippen molar-refractivity contribution < 1.29 is 9.84 Å². The Morgan fingerprint density at radius 3 is 2.80 bits per heavy atom. The molecule has 0 saturated carbocycles. The van der Waals surface area contributed by atoms with Crippen molar-refractivity contribution in [3.8, 4) is 0 Å². The molecule has 0 aliphatic heterocycles. The van der Waals surface area contributed by atoms with E-state index in [1.165, 1.54) is 15.3 Å². The second-order valence-corrected chi connectivity index (χ2v) is 7.00. The maximum Gasteiger partial charge on any atom is 0.0900 e. The fourth-order valence-corrected chi connectivity index (χ4v) is 3.60. The SMILES string of the molecule is Cc1ccsc1CN(C)CC(O)COCc1cccs1. The van der Waals surface area contributed by atoms with Gasteiger partial charge in [0.25, 0.3) is 0 Å². The molecular formula is C15H21NO2S2. The standard InChI is InChI=1S/C15H21NO2S2/c1-12-5-7-20-15(12)9-16(2)8-13(17)10-18-11-14-4-3-6-19-14/h3-7,13,17H,8-11H2,1-2H3. The van der Waals surface area contributed by atoms with Crippen molar-refractivity contribution in [2.45, 2.75) is 26.2 Å². The average molecular weight is 311 g/mol. The normalized spacial score (nSPS) is 13.0. The quantitative estimate of drug-likeness (QED) is 0.813. The summed E-state index contributed by atoms with van der Waals surface area (Å²) in [4.78, 5) is 4.69. The lowest BCUT2D eigenvalue weighted by Crippen LogP contribution is -2.31. The third kappa shape index (κ3) is 5.00. The molecule has 110 valence electrons. The summed E-state index contributed by atoms with van der Waals surface area (Å²) >= 11 is 3.45. The molecule has 0 amide bonds. The second-order valence-electron chi connectivity index (χ2n) is 4.97. The summed E-state index contributed by atoms with van der Waals surface area (Å²) in [7, 11) is 2.03. The van der Waals surface area contributed by atoms with Crippen LogP contribution < -0.4 is 0 Å². The third-order valence-electron chi connectivity index (χ3n) is 3.04. The molecule has 2 rings (SSSR count). The summed E-state index contributed by atoms with van der Waals surface area (Å²) in [6.07, 6.45) is -0.444. The molecule has 0 bridgehead atoms. The van der Waals surface area contributed by atoms with Crippen LogP contribution in [0.5, 0.6) is 0 Å². The van der Waals surface area contributed by atoms with E-state index in [1.807, 2.05) is 24.6 Å². The van der Waals surface area contributed by atoms with Gasteiger partial charge in [0.15, 0.2) is 0 Å². The predicted octanol–water partition coefficient (Wildman–Crippen LogP) is 3.13. The van der Waals surface area contributed by atoms with E-state index in [2.05, 4.69) is 23.3 Å². The molecule has 0 fully saturated rings. The van der Waals surface area contributed by atoms with Gasteiger partial charge in [-0.2, -0.15) is 0 Å². The molecule has 1 unspecified atom stereocenters. The van der Waals surface area contributed by atoms with Crippen molar-refractivity contribution in [1.82, 2.24) is 4.90 Å². The monoisotopic (exact) mass is 311 g/mol. The first kappa shape index (κ1) is 15.7. The minimum Gasteiger partial charge on any atom is -0.389 e. The van der Waals surface area contributed by atoms with Gasteiger partial charge < -0.3 is 9.84 Å². The molecule has 3 nitrogen and oxygen atoms in total. The predicted molar refractivity (Wildman–Crippen MR) is 85.4 cm³/mol. The fourth-order valence-electron chi connectivity index (χ4n) is 1.98. The van der Waals surface area contributed by atoms with E-state index in [0.29, 0.717) is 19.8 Å². The molecule has 0 aliphatic carbocycles. The summed E-state index contributed by atoms with van der Waals surface area (Å²) < 4.78 is 5.54. The number of hydrogen-bond donors (Lipinski definition) is 1. The maximum absolute atomic E-state index is 9.99. The Balaban J connectivity index is 1.66. The largest absolute Gasteiger partial charge is 0.389 e. The molecule has 0 radical (unpaired) electrons. The highest BCUT2D eigenvalue weighted by atomic mass is 32.1. The number of aliphatic hydroxyl groups is 1. The molecule has 2 heterocycles. The van der Waals surface area contributed by atoms with Crippen LogP contribution in [0, 0.1) is 6.92 Å². The lowest BCUT2D eigenvalue weighted by atomic mass is 10.2. The van der Waals surface area contributed by atoms with Crippen LogP contribution in [-0.2, 0) is 17.9 Å². The van der Waals surface area contributed by atoms with Crippen LogP contribution in [0.4, 0.5) is 0 Å². The van der Waals surface area contributed by atoms with Crippen molar-refractivity contribution in [3.63, 3.8) is 0 Å². The molecule has 1 N–H and O–H groups in total. The highest BCUT2D eigenvalue weighted by Gasteiger charge is 2.10. The van der Waals surface area contributed by atoms with E-state index in [1.54, 1.807) is 22.7 Å². The Hall–Kier alpha value is -0.720. The highest BCUT2D eigenvalue weighted by molar-refractivity contribution is 7.10. The van der Waals surface area contributed by atoms with Gasteiger partial charge in [-0.15, -0.1) is 22.7 Å². The summed E-state index contributed by atoms with van der Waals surface area (Å²) in [5.74, 6) is 0. The van der Waals surface area contributed by atoms with Gasteiger partial charge in [0.1, 0.15) is 0 Å². The smallest absolute Gasteiger partial charge is 0.0900 e. The number of thiophene rings is 2. The van der Waals surface area contributed by atoms with Crippen molar-refractivity contribution in [1.29, 1.82) is 0 Å². The first-order chi connectivity index (χ1) is 9.65. The van der Waals surface area contributed by atoms with E-state index >= 15 is 0 Å².